The van der Waals surface area contributed by atoms with Crippen molar-refractivity contribution in [1.82, 2.24) is 0 Å². The lowest BCUT2D eigenvalue weighted by molar-refractivity contribution is 0.443. The minimum Gasteiger partial charge on any atom is -0.327 e. The summed E-state index contributed by atoms with van der Waals surface area (Å²) in [5, 5.41) is 0. The van der Waals surface area contributed by atoms with Gasteiger partial charge in [0.05, 0.1) is 0 Å². The molecule has 1 nitrogen and oxygen atoms in total. The lowest BCUT2D eigenvalue weighted by Gasteiger charge is -2.19. The number of nitrogens with two attached hydrogens (primary N) is 1. The van der Waals surface area contributed by atoms with Crippen LogP contribution in [0.1, 0.15) is 32.6 Å². The van der Waals surface area contributed by atoms with E-state index in [0.29, 0.717) is 0 Å². The van der Waals surface area contributed by atoms with Crippen LogP contribution in [0.25, 0.3) is 0 Å². The number of allylic oxidation sites excluding steroid dienone is 1. The fraction of sp³-hybridized carbons (Fsp3) is 0.778. The summed E-state index contributed by atoms with van der Waals surface area (Å²) in [4.78, 5) is 0. The molecule has 1 aliphatic carbocycles. The SMILES string of the molecule is CC1CCC(=CCN)CC1. The molecule has 0 radical (unpaired) electrons. The lowest BCUT2D eigenvalue weighted by atomic mass is 9.87. The van der Waals surface area contributed by atoms with E-state index in [1.807, 2.05) is 0 Å². The Balaban J connectivity index is 2.32. The highest BCUT2D eigenvalue weighted by Crippen LogP contribution is 2.26. The van der Waals surface area contributed by atoms with Crippen LogP contribution in [0.3, 0.4) is 0 Å². The first-order valence-electron chi connectivity index (χ1n) is 4.21. The zero-order chi connectivity index (χ0) is 7.40. The van der Waals surface area contributed by atoms with Gasteiger partial charge < -0.3 is 5.73 Å². The van der Waals surface area contributed by atoms with Gasteiger partial charge in [-0.2, -0.15) is 0 Å². The van der Waals surface area contributed by atoms with E-state index in [2.05, 4.69) is 13.0 Å². The minimum atomic E-state index is 0.726. The second-order valence-corrected chi connectivity index (χ2v) is 3.28. The predicted molar refractivity (Wildman–Crippen MR) is 44.8 cm³/mol. The third-order valence-electron chi connectivity index (χ3n) is 2.32. The minimum absolute atomic E-state index is 0.726. The van der Waals surface area contributed by atoms with Gasteiger partial charge in [-0.05, 0) is 31.6 Å². The van der Waals surface area contributed by atoms with Crippen LogP contribution < -0.4 is 5.73 Å². The molecule has 0 heterocycles. The molecule has 0 aliphatic heterocycles. The second-order valence-electron chi connectivity index (χ2n) is 3.28. The summed E-state index contributed by atoms with van der Waals surface area (Å²) in [6, 6.07) is 0. The summed E-state index contributed by atoms with van der Waals surface area (Å²) in [6.45, 7) is 3.06. The van der Waals surface area contributed by atoms with Gasteiger partial charge in [0.2, 0.25) is 0 Å². The maximum absolute atomic E-state index is 5.42. The molecule has 0 saturated heterocycles. The van der Waals surface area contributed by atoms with Gasteiger partial charge in [0, 0.05) is 6.54 Å². The van der Waals surface area contributed by atoms with Crippen LogP contribution in [0.4, 0.5) is 0 Å². The van der Waals surface area contributed by atoms with E-state index < -0.39 is 0 Å². The molecule has 10 heavy (non-hydrogen) atoms. The summed E-state index contributed by atoms with van der Waals surface area (Å²) in [5.74, 6) is 0.940. The molecule has 0 aromatic rings. The highest BCUT2D eigenvalue weighted by molar-refractivity contribution is 5.05. The molecule has 0 amide bonds. The lowest BCUT2D eigenvalue weighted by Crippen LogP contribution is -2.05. The van der Waals surface area contributed by atoms with Gasteiger partial charge >= 0.3 is 0 Å². The first-order valence-corrected chi connectivity index (χ1v) is 4.21. The van der Waals surface area contributed by atoms with Crippen molar-refractivity contribution in [3.05, 3.63) is 11.6 Å². The Kier molecular flexibility index (Phi) is 2.94. The summed E-state index contributed by atoms with van der Waals surface area (Å²) < 4.78 is 0. The van der Waals surface area contributed by atoms with Crippen molar-refractivity contribution in [2.75, 3.05) is 6.54 Å². The third kappa shape index (κ3) is 2.14. The zero-order valence-electron chi connectivity index (χ0n) is 6.77. The molecule has 0 atom stereocenters. The molecule has 1 saturated carbocycles. The zero-order valence-corrected chi connectivity index (χ0v) is 6.77. The second kappa shape index (κ2) is 3.77. The van der Waals surface area contributed by atoms with Crippen molar-refractivity contribution in [3.8, 4) is 0 Å². The van der Waals surface area contributed by atoms with E-state index in [1.54, 1.807) is 5.57 Å². The highest BCUT2D eigenvalue weighted by atomic mass is 14.5. The average molecular weight is 139 g/mol. The smallest absolute Gasteiger partial charge is 0.0109 e. The number of rotatable bonds is 1. The summed E-state index contributed by atoms with van der Waals surface area (Å²) in [6.07, 6.45) is 7.50. The maximum atomic E-state index is 5.42. The van der Waals surface area contributed by atoms with Crippen molar-refractivity contribution in [1.29, 1.82) is 0 Å². The van der Waals surface area contributed by atoms with E-state index in [9.17, 15) is 0 Å². The van der Waals surface area contributed by atoms with Gasteiger partial charge in [-0.1, -0.05) is 18.6 Å². The fourth-order valence-electron chi connectivity index (χ4n) is 1.50. The van der Waals surface area contributed by atoms with Gasteiger partial charge in [0.25, 0.3) is 0 Å². The largest absolute Gasteiger partial charge is 0.327 e. The van der Waals surface area contributed by atoms with Crippen LogP contribution in [0, 0.1) is 5.92 Å². The van der Waals surface area contributed by atoms with E-state index >= 15 is 0 Å². The van der Waals surface area contributed by atoms with Gasteiger partial charge in [0.15, 0.2) is 0 Å². The Morgan fingerprint density at radius 2 is 2.10 bits per heavy atom. The van der Waals surface area contributed by atoms with E-state index in [4.69, 9.17) is 5.73 Å². The molecular weight excluding hydrogens is 122 g/mol. The van der Waals surface area contributed by atoms with E-state index in [-0.39, 0.29) is 0 Å². The molecule has 0 spiro atoms. The Morgan fingerprint density at radius 1 is 1.50 bits per heavy atom. The molecule has 0 aromatic heterocycles. The van der Waals surface area contributed by atoms with Crippen LogP contribution in [-0.2, 0) is 0 Å². The first-order chi connectivity index (χ1) is 4.83. The molecule has 1 rings (SSSR count). The van der Waals surface area contributed by atoms with Crippen LogP contribution in [-0.4, -0.2) is 6.54 Å². The third-order valence-corrected chi connectivity index (χ3v) is 2.32. The van der Waals surface area contributed by atoms with Gasteiger partial charge in [-0.15, -0.1) is 0 Å². The average Bonchev–Trinajstić information content (AvgIpc) is 1.95. The van der Waals surface area contributed by atoms with Crippen molar-refractivity contribution in [2.24, 2.45) is 11.7 Å². The van der Waals surface area contributed by atoms with Crippen molar-refractivity contribution >= 4 is 0 Å². The highest BCUT2D eigenvalue weighted by Gasteiger charge is 2.10. The van der Waals surface area contributed by atoms with Crippen molar-refractivity contribution in [2.45, 2.75) is 32.6 Å². The normalized spacial score (nSPS) is 26.6. The molecule has 0 unspecified atom stereocenters. The van der Waals surface area contributed by atoms with Crippen LogP contribution in [0.2, 0.25) is 0 Å². The first kappa shape index (κ1) is 7.80. The Hall–Kier alpha value is -0.300. The molecule has 0 aromatic carbocycles. The van der Waals surface area contributed by atoms with Crippen LogP contribution >= 0.6 is 0 Å². The van der Waals surface area contributed by atoms with Crippen molar-refractivity contribution < 1.29 is 0 Å². The standard InChI is InChI=1S/C9H17N/c1-8-2-4-9(5-3-8)6-7-10/h6,8H,2-5,7,10H2,1H3. The molecule has 58 valence electrons. The topological polar surface area (TPSA) is 26.0 Å². The Bertz CT molecular complexity index is 117. The predicted octanol–water partition coefficient (Wildman–Crippen LogP) is 2.08. The summed E-state index contributed by atoms with van der Waals surface area (Å²) in [5.41, 5.74) is 7.00. The van der Waals surface area contributed by atoms with Crippen LogP contribution in [0.5, 0.6) is 0 Å². The van der Waals surface area contributed by atoms with Gasteiger partial charge in [-0.25, -0.2) is 0 Å². The molecule has 1 fully saturated rings. The fourth-order valence-corrected chi connectivity index (χ4v) is 1.50. The molecular formula is C9H17N. The Labute approximate surface area is 63.3 Å². The van der Waals surface area contributed by atoms with E-state index in [1.165, 1.54) is 25.7 Å². The van der Waals surface area contributed by atoms with E-state index in [0.717, 1.165) is 12.5 Å². The molecule has 1 heteroatoms. The summed E-state index contributed by atoms with van der Waals surface area (Å²) >= 11 is 0. The molecule has 0 bridgehead atoms. The quantitative estimate of drug-likeness (QED) is 0.553. The number of hydrogen-bond acceptors (Lipinski definition) is 1. The molecule has 1 aliphatic rings. The van der Waals surface area contributed by atoms with Crippen molar-refractivity contribution in [3.63, 3.8) is 0 Å². The Morgan fingerprint density at radius 3 is 2.60 bits per heavy atom. The number of hydrogen-bond donors (Lipinski definition) is 1. The van der Waals surface area contributed by atoms with Crippen LogP contribution in [0.15, 0.2) is 11.6 Å². The van der Waals surface area contributed by atoms with Gasteiger partial charge in [0.1, 0.15) is 0 Å². The van der Waals surface area contributed by atoms with Gasteiger partial charge in [-0.3, -0.25) is 0 Å². The summed E-state index contributed by atoms with van der Waals surface area (Å²) in [7, 11) is 0. The monoisotopic (exact) mass is 139 g/mol. The maximum Gasteiger partial charge on any atom is 0.0109 e. The molecule has 2 N–H and O–H groups in total.